The fourth-order valence-corrected chi connectivity index (χ4v) is 6.77. The molecule has 14 heteroatoms. The Morgan fingerprint density at radius 2 is 1.79 bits per heavy atom. The first-order valence-corrected chi connectivity index (χ1v) is 16.8. The number of H-pyrrole nitrogens is 2. The van der Waals surface area contributed by atoms with Gasteiger partial charge in [-0.15, -0.1) is 0 Å². The number of amides is 3. The van der Waals surface area contributed by atoms with Gasteiger partial charge in [0, 0.05) is 63.4 Å². The van der Waals surface area contributed by atoms with Crippen LogP contribution in [0.2, 0.25) is 0 Å². The zero-order valence-electron chi connectivity index (χ0n) is 27.8. The topological polar surface area (TPSA) is 165 Å². The van der Waals surface area contributed by atoms with Gasteiger partial charge in [0.15, 0.2) is 5.78 Å². The molecule has 2 aromatic heterocycles. The largest absolute Gasteiger partial charge is 0.338 e. The number of aryl methyl sites for hydroxylation is 1. The SMILES string of the molecule is CCn1nccc1C(=O)C[C@H](C(=O)Nc1ccc([C@H](C)[C@@H](NC(=O)c2c[nH]c(=O)[nH]2)C(=O)N2CCN(C)CC2)cc1F)C1CCCCC1. The number of nitrogens with zero attached hydrogens (tertiary/aromatic N) is 4. The molecular weight excluding hydrogens is 619 g/mol. The summed E-state index contributed by atoms with van der Waals surface area (Å²) in [7, 11) is 1.96. The van der Waals surface area contributed by atoms with Crippen molar-refractivity contribution in [2.45, 2.75) is 70.9 Å². The van der Waals surface area contributed by atoms with Crippen LogP contribution in [-0.4, -0.2) is 92.3 Å². The highest BCUT2D eigenvalue weighted by atomic mass is 19.1. The summed E-state index contributed by atoms with van der Waals surface area (Å²) >= 11 is 0. The van der Waals surface area contributed by atoms with Crippen molar-refractivity contribution >= 4 is 29.2 Å². The minimum atomic E-state index is -1.06. The molecule has 1 aromatic carbocycles. The molecule has 2 fully saturated rings. The zero-order chi connectivity index (χ0) is 34.4. The number of aromatic amines is 2. The molecule has 2 aliphatic rings. The molecule has 3 atom stereocenters. The van der Waals surface area contributed by atoms with Crippen molar-refractivity contribution in [3.63, 3.8) is 0 Å². The Bertz CT molecular complexity index is 1670. The number of anilines is 1. The Kier molecular flexibility index (Phi) is 11.2. The summed E-state index contributed by atoms with van der Waals surface area (Å²) in [5.74, 6) is -3.54. The van der Waals surface area contributed by atoms with E-state index in [1.807, 2.05) is 14.0 Å². The number of nitrogens with one attached hydrogen (secondary N) is 4. The monoisotopic (exact) mass is 664 g/mol. The van der Waals surface area contributed by atoms with Gasteiger partial charge in [-0.25, -0.2) is 9.18 Å². The van der Waals surface area contributed by atoms with E-state index in [1.165, 1.54) is 18.3 Å². The van der Waals surface area contributed by atoms with Gasteiger partial charge >= 0.3 is 5.69 Å². The van der Waals surface area contributed by atoms with E-state index < -0.39 is 41.2 Å². The maximum atomic E-state index is 15.7. The molecule has 3 heterocycles. The number of imidazole rings is 1. The third kappa shape index (κ3) is 8.09. The zero-order valence-corrected chi connectivity index (χ0v) is 27.8. The molecule has 0 spiro atoms. The fourth-order valence-electron chi connectivity index (χ4n) is 6.77. The van der Waals surface area contributed by atoms with Gasteiger partial charge in [-0.05, 0) is 56.5 Å². The van der Waals surface area contributed by atoms with E-state index in [2.05, 4.69) is 30.6 Å². The van der Waals surface area contributed by atoms with Crippen molar-refractivity contribution in [2.24, 2.45) is 11.8 Å². The summed E-state index contributed by atoms with van der Waals surface area (Å²) in [4.78, 5) is 74.0. The highest BCUT2D eigenvalue weighted by Gasteiger charge is 2.35. The molecule has 5 rings (SSSR count). The van der Waals surface area contributed by atoms with E-state index in [9.17, 15) is 24.0 Å². The molecule has 1 aliphatic carbocycles. The van der Waals surface area contributed by atoms with Crippen molar-refractivity contribution in [1.29, 1.82) is 0 Å². The molecule has 0 bridgehead atoms. The number of benzene rings is 1. The van der Waals surface area contributed by atoms with E-state index in [1.54, 1.807) is 34.8 Å². The molecular formula is C34H45FN8O5. The lowest BCUT2D eigenvalue weighted by Crippen LogP contribution is -2.55. The van der Waals surface area contributed by atoms with Gasteiger partial charge in [0.05, 0.1) is 5.69 Å². The third-order valence-corrected chi connectivity index (χ3v) is 9.75. The van der Waals surface area contributed by atoms with E-state index in [0.29, 0.717) is 44.0 Å². The number of aromatic nitrogens is 4. The lowest BCUT2D eigenvalue weighted by molar-refractivity contribution is -0.135. The summed E-state index contributed by atoms with van der Waals surface area (Å²) in [5, 5.41) is 9.67. The molecule has 13 nitrogen and oxygen atoms in total. The molecule has 0 radical (unpaired) electrons. The number of piperazine rings is 1. The van der Waals surface area contributed by atoms with Crippen molar-refractivity contribution in [2.75, 3.05) is 38.5 Å². The lowest BCUT2D eigenvalue weighted by atomic mass is 9.77. The van der Waals surface area contributed by atoms with Gasteiger partial charge in [-0.1, -0.05) is 32.3 Å². The van der Waals surface area contributed by atoms with Crippen molar-refractivity contribution in [3.8, 4) is 0 Å². The first kappa shape index (κ1) is 34.7. The van der Waals surface area contributed by atoms with Crippen LogP contribution < -0.4 is 16.3 Å². The lowest BCUT2D eigenvalue weighted by Gasteiger charge is -2.36. The Hall–Kier alpha value is -4.59. The van der Waals surface area contributed by atoms with Crippen LogP contribution in [-0.2, 0) is 16.1 Å². The normalized spacial score (nSPS) is 17.8. The van der Waals surface area contributed by atoms with E-state index >= 15 is 4.39 Å². The van der Waals surface area contributed by atoms with Gasteiger partial charge in [0.25, 0.3) is 5.91 Å². The van der Waals surface area contributed by atoms with Gasteiger partial charge in [0.1, 0.15) is 23.2 Å². The van der Waals surface area contributed by atoms with E-state index in [0.717, 1.165) is 32.1 Å². The molecule has 3 amide bonds. The van der Waals surface area contributed by atoms with Crippen LogP contribution in [0, 0.1) is 17.7 Å². The average Bonchev–Trinajstić information content (AvgIpc) is 3.76. The van der Waals surface area contributed by atoms with Gasteiger partial charge in [-0.3, -0.25) is 23.9 Å². The highest BCUT2D eigenvalue weighted by molar-refractivity contribution is 6.00. The summed E-state index contributed by atoms with van der Waals surface area (Å²) in [6, 6.07) is 4.93. The summed E-state index contributed by atoms with van der Waals surface area (Å²) in [6.07, 6.45) is 7.47. The van der Waals surface area contributed by atoms with Crippen LogP contribution in [0.5, 0.6) is 0 Å². The van der Waals surface area contributed by atoms with Gasteiger partial charge in [0.2, 0.25) is 11.8 Å². The van der Waals surface area contributed by atoms with Crippen LogP contribution >= 0.6 is 0 Å². The molecule has 3 aromatic rings. The predicted octanol–water partition coefficient (Wildman–Crippen LogP) is 3.14. The number of likely N-dealkylation sites (N-methyl/N-ethyl adjacent to an activating group) is 1. The summed E-state index contributed by atoms with van der Waals surface area (Å²) in [6.45, 7) is 6.43. The van der Waals surface area contributed by atoms with Crippen LogP contribution in [0.15, 0.2) is 41.5 Å². The molecule has 1 aliphatic heterocycles. The molecule has 258 valence electrons. The van der Waals surface area contributed by atoms with Crippen LogP contribution in [0.4, 0.5) is 10.1 Å². The first-order valence-electron chi connectivity index (χ1n) is 16.8. The van der Waals surface area contributed by atoms with Gasteiger partial charge in [-0.2, -0.15) is 5.10 Å². The second-order valence-corrected chi connectivity index (χ2v) is 12.9. The van der Waals surface area contributed by atoms with Crippen molar-refractivity contribution in [3.05, 3.63) is 69.9 Å². The number of hydrogen-bond acceptors (Lipinski definition) is 7. The maximum absolute atomic E-state index is 15.7. The molecule has 1 saturated heterocycles. The molecule has 1 saturated carbocycles. The second kappa shape index (κ2) is 15.5. The number of carbonyl (C=O) groups is 4. The minimum absolute atomic E-state index is 0.00111. The Morgan fingerprint density at radius 1 is 1.06 bits per heavy atom. The second-order valence-electron chi connectivity index (χ2n) is 12.9. The van der Waals surface area contributed by atoms with Gasteiger partial charge < -0.3 is 30.4 Å². The Labute approximate surface area is 278 Å². The van der Waals surface area contributed by atoms with E-state index in [-0.39, 0.29) is 35.4 Å². The Balaban J connectivity index is 1.34. The Morgan fingerprint density at radius 3 is 2.44 bits per heavy atom. The smallest absolute Gasteiger partial charge is 0.323 e. The predicted molar refractivity (Wildman–Crippen MR) is 177 cm³/mol. The van der Waals surface area contributed by atoms with E-state index in [4.69, 9.17) is 0 Å². The number of halogens is 1. The fraction of sp³-hybridized carbons (Fsp3) is 0.529. The highest BCUT2D eigenvalue weighted by Crippen LogP contribution is 2.34. The van der Waals surface area contributed by atoms with Crippen LogP contribution in [0.25, 0.3) is 0 Å². The molecule has 48 heavy (non-hydrogen) atoms. The number of ketones is 1. The van der Waals surface area contributed by atoms with Crippen LogP contribution in [0.1, 0.15) is 84.8 Å². The van der Waals surface area contributed by atoms with Crippen LogP contribution in [0.3, 0.4) is 0 Å². The third-order valence-electron chi connectivity index (χ3n) is 9.75. The minimum Gasteiger partial charge on any atom is -0.338 e. The number of carbonyl (C=O) groups excluding carboxylic acids is 4. The summed E-state index contributed by atoms with van der Waals surface area (Å²) < 4.78 is 17.3. The van der Waals surface area contributed by atoms with Crippen molar-refractivity contribution in [1.82, 2.24) is 34.9 Å². The quantitative estimate of drug-likeness (QED) is 0.216. The number of Topliss-reactive ketones (excluding diaryl/α,β-unsaturated/α-hetero) is 1. The number of rotatable bonds is 12. The summed E-state index contributed by atoms with van der Waals surface area (Å²) in [5.41, 5.74) is 0.271. The molecule has 0 unspecified atom stereocenters. The number of hydrogen-bond donors (Lipinski definition) is 4. The maximum Gasteiger partial charge on any atom is 0.323 e. The first-order chi connectivity index (χ1) is 23.0. The average molecular weight is 665 g/mol. The van der Waals surface area contributed by atoms with Crippen molar-refractivity contribution < 1.29 is 23.6 Å². The molecule has 4 N–H and O–H groups in total. The standard InChI is InChI=1S/C34H45FN8O5/c1-4-43-28(12-13-37-43)29(44)19-24(22-8-6-5-7-9-22)31(45)38-26-11-10-23(18-25(26)35)21(2)30(33(47)42-16-14-41(3)15-17-42)40-32(46)27-20-36-34(48)39-27/h10-13,18,20-22,24,30H,4-9,14-17,19H2,1-3H3,(H,38,45)(H,40,46)(H2,36,39,48)/t21-,24-,30+/m0/s1.